The highest BCUT2D eigenvalue weighted by Crippen LogP contribution is 2.30. The third-order valence-electron chi connectivity index (χ3n) is 3.54. The molecule has 0 saturated carbocycles. The molecule has 0 aliphatic heterocycles. The molecule has 0 aliphatic carbocycles. The summed E-state index contributed by atoms with van der Waals surface area (Å²) in [5, 5.41) is 12.8. The molecule has 0 N–H and O–H groups in total. The van der Waals surface area contributed by atoms with Crippen LogP contribution in [0.25, 0.3) is 10.8 Å². The van der Waals surface area contributed by atoms with Gasteiger partial charge in [-0.2, -0.15) is 5.26 Å². The second-order valence-electron chi connectivity index (χ2n) is 5.49. The van der Waals surface area contributed by atoms with Gasteiger partial charge in [-0.25, -0.2) is 9.97 Å². The predicted octanol–water partition coefficient (Wildman–Crippen LogP) is 4.78. The first kappa shape index (κ1) is 17.4. The maximum absolute atomic E-state index is 11.6. The molecular formula is C18H15N3O2S2. The third-order valence-corrected chi connectivity index (χ3v) is 5.47. The first-order valence-electron chi connectivity index (χ1n) is 7.54. The molecule has 0 radical (unpaired) electrons. The lowest BCUT2D eigenvalue weighted by Gasteiger charge is -2.07. The highest BCUT2D eigenvalue weighted by molar-refractivity contribution is 7.98. The molecule has 7 heteroatoms. The molecule has 3 aromatic heterocycles. The molecule has 3 heterocycles. The molecule has 5 nitrogen and oxygen atoms in total. The second kappa shape index (κ2) is 7.21. The number of hydrogen-bond acceptors (Lipinski definition) is 7. The topological polar surface area (TPSA) is 79.8 Å². The Bertz CT molecular complexity index is 983. The smallest absolute Gasteiger partial charge is 0.162 e. The van der Waals surface area contributed by atoms with Crippen molar-refractivity contribution in [1.82, 2.24) is 9.97 Å². The van der Waals surface area contributed by atoms with E-state index in [-0.39, 0.29) is 5.78 Å². The van der Waals surface area contributed by atoms with Gasteiger partial charge >= 0.3 is 0 Å². The number of pyridine rings is 1. The first-order chi connectivity index (χ1) is 12.0. The summed E-state index contributed by atoms with van der Waals surface area (Å²) in [7, 11) is 0. The maximum atomic E-state index is 11.6. The van der Waals surface area contributed by atoms with E-state index in [1.807, 2.05) is 24.4 Å². The number of hydrogen-bond donors (Lipinski definition) is 0. The molecule has 126 valence electrons. The van der Waals surface area contributed by atoms with Gasteiger partial charge in [0.25, 0.3) is 0 Å². The number of ketones is 1. The van der Waals surface area contributed by atoms with Crippen molar-refractivity contribution in [3.63, 3.8) is 0 Å². The minimum absolute atomic E-state index is 0.0871. The van der Waals surface area contributed by atoms with Crippen molar-refractivity contribution in [2.45, 2.75) is 31.6 Å². The van der Waals surface area contributed by atoms with Crippen molar-refractivity contribution in [2.24, 2.45) is 0 Å². The number of furan rings is 1. The number of carbonyl (C=O) groups excluding carboxylic acids is 1. The van der Waals surface area contributed by atoms with Gasteiger partial charge in [0.2, 0.25) is 0 Å². The fraction of sp³-hybridized carbons (Fsp3) is 0.222. The SMILES string of the molecule is CC(=O)c1cc(C#N)c(SCc2csc(-c3ccc(C)o3)n2)nc1C. The van der Waals surface area contributed by atoms with Gasteiger partial charge in [-0.1, -0.05) is 11.8 Å². The van der Waals surface area contributed by atoms with Crippen molar-refractivity contribution in [1.29, 1.82) is 5.26 Å². The number of nitriles is 1. The lowest BCUT2D eigenvalue weighted by Crippen LogP contribution is -2.02. The zero-order valence-electron chi connectivity index (χ0n) is 14.0. The normalized spacial score (nSPS) is 10.6. The van der Waals surface area contributed by atoms with Crippen LogP contribution in [0.15, 0.2) is 33.0 Å². The largest absolute Gasteiger partial charge is 0.459 e. The molecule has 0 atom stereocenters. The van der Waals surface area contributed by atoms with Gasteiger partial charge in [0.05, 0.1) is 11.3 Å². The fourth-order valence-corrected chi connectivity index (χ4v) is 4.09. The second-order valence-corrected chi connectivity index (χ2v) is 7.31. The van der Waals surface area contributed by atoms with Gasteiger partial charge in [-0.05, 0) is 39.0 Å². The van der Waals surface area contributed by atoms with Crippen LogP contribution in [-0.2, 0) is 5.75 Å². The minimum atomic E-state index is -0.0871. The summed E-state index contributed by atoms with van der Waals surface area (Å²) in [6, 6.07) is 7.55. The maximum Gasteiger partial charge on any atom is 0.162 e. The summed E-state index contributed by atoms with van der Waals surface area (Å²) in [6.07, 6.45) is 0. The zero-order chi connectivity index (χ0) is 18.0. The number of nitrogens with zero attached hydrogens (tertiary/aromatic N) is 3. The van der Waals surface area contributed by atoms with Gasteiger partial charge in [0, 0.05) is 22.4 Å². The van der Waals surface area contributed by atoms with E-state index in [0.29, 0.717) is 27.6 Å². The Balaban J connectivity index is 1.78. The zero-order valence-corrected chi connectivity index (χ0v) is 15.6. The molecule has 3 rings (SSSR count). The average Bonchev–Trinajstić information content (AvgIpc) is 3.21. The van der Waals surface area contributed by atoms with E-state index in [2.05, 4.69) is 16.0 Å². The van der Waals surface area contributed by atoms with Gasteiger partial charge in [-0.15, -0.1) is 11.3 Å². The summed E-state index contributed by atoms with van der Waals surface area (Å²) in [5.74, 6) is 2.12. The molecular weight excluding hydrogens is 354 g/mol. The number of aromatic nitrogens is 2. The summed E-state index contributed by atoms with van der Waals surface area (Å²) >= 11 is 2.96. The van der Waals surface area contributed by atoms with Crippen LogP contribution in [0.3, 0.4) is 0 Å². The van der Waals surface area contributed by atoms with E-state index >= 15 is 0 Å². The van der Waals surface area contributed by atoms with Gasteiger partial charge < -0.3 is 4.42 Å². The minimum Gasteiger partial charge on any atom is -0.459 e. The Morgan fingerprint density at radius 1 is 1.36 bits per heavy atom. The number of rotatable bonds is 5. The van der Waals surface area contributed by atoms with Crippen molar-refractivity contribution >= 4 is 28.9 Å². The third kappa shape index (κ3) is 3.81. The number of thiazole rings is 1. The monoisotopic (exact) mass is 369 g/mol. The first-order valence-corrected chi connectivity index (χ1v) is 9.41. The highest BCUT2D eigenvalue weighted by atomic mass is 32.2. The lowest BCUT2D eigenvalue weighted by atomic mass is 10.1. The Morgan fingerprint density at radius 3 is 2.80 bits per heavy atom. The summed E-state index contributed by atoms with van der Waals surface area (Å²) in [6.45, 7) is 5.16. The van der Waals surface area contributed by atoms with Crippen LogP contribution in [0, 0.1) is 25.2 Å². The van der Waals surface area contributed by atoms with E-state index < -0.39 is 0 Å². The lowest BCUT2D eigenvalue weighted by molar-refractivity contribution is 0.101. The molecule has 0 aromatic carbocycles. The summed E-state index contributed by atoms with van der Waals surface area (Å²) in [5.41, 5.74) is 2.44. The van der Waals surface area contributed by atoms with Crippen LogP contribution in [0.5, 0.6) is 0 Å². The van der Waals surface area contributed by atoms with E-state index in [9.17, 15) is 10.1 Å². The van der Waals surface area contributed by atoms with E-state index in [1.54, 1.807) is 13.0 Å². The number of thioether (sulfide) groups is 1. The standard InChI is InChI=1S/C18H15N3O2S2/c1-10-4-5-16(23-10)18-21-14(9-25-18)8-24-17-13(7-19)6-15(12(3)22)11(2)20-17/h4-6,9H,8H2,1-3H3. The van der Waals surface area contributed by atoms with Crippen LogP contribution in [-0.4, -0.2) is 15.8 Å². The summed E-state index contributed by atoms with van der Waals surface area (Å²) < 4.78 is 5.59. The quantitative estimate of drug-likeness (QED) is 0.475. The van der Waals surface area contributed by atoms with Gasteiger partial charge in [-0.3, -0.25) is 4.79 Å². The van der Waals surface area contributed by atoms with Crippen LogP contribution < -0.4 is 0 Å². The Morgan fingerprint density at radius 2 is 2.16 bits per heavy atom. The van der Waals surface area contributed by atoms with Crippen LogP contribution in [0.4, 0.5) is 0 Å². The molecule has 0 spiro atoms. The van der Waals surface area contributed by atoms with Crippen LogP contribution >= 0.6 is 23.1 Å². The van der Waals surface area contributed by atoms with Crippen molar-refractivity contribution < 1.29 is 9.21 Å². The molecule has 0 bridgehead atoms. The molecule has 0 amide bonds. The van der Waals surface area contributed by atoms with Crippen molar-refractivity contribution in [3.05, 3.63) is 51.9 Å². The van der Waals surface area contributed by atoms with E-state index in [1.165, 1.54) is 30.0 Å². The fourth-order valence-electron chi connectivity index (χ4n) is 2.31. The van der Waals surface area contributed by atoms with E-state index in [4.69, 9.17) is 4.42 Å². The molecule has 0 saturated heterocycles. The molecule has 0 unspecified atom stereocenters. The van der Waals surface area contributed by atoms with Gasteiger partial charge in [0.1, 0.15) is 16.9 Å². The van der Waals surface area contributed by atoms with Gasteiger partial charge in [0.15, 0.2) is 16.6 Å². The number of Topliss-reactive ketones (excluding diaryl/α,β-unsaturated/α-hetero) is 1. The summed E-state index contributed by atoms with van der Waals surface area (Å²) in [4.78, 5) is 20.6. The molecule has 0 fully saturated rings. The number of aryl methyl sites for hydroxylation is 2. The molecule has 0 aliphatic rings. The Hall–Kier alpha value is -2.43. The van der Waals surface area contributed by atoms with E-state index in [0.717, 1.165) is 22.2 Å². The van der Waals surface area contributed by atoms with Crippen molar-refractivity contribution in [2.75, 3.05) is 0 Å². The highest BCUT2D eigenvalue weighted by Gasteiger charge is 2.14. The van der Waals surface area contributed by atoms with Crippen molar-refractivity contribution in [3.8, 4) is 16.8 Å². The Labute approximate surface area is 153 Å². The molecule has 3 aromatic rings. The molecule has 25 heavy (non-hydrogen) atoms. The number of carbonyl (C=O) groups is 1. The predicted molar refractivity (Wildman–Crippen MR) is 97.8 cm³/mol. The average molecular weight is 369 g/mol. The Kier molecular flexibility index (Phi) is 5.02. The van der Waals surface area contributed by atoms with Crippen LogP contribution in [0.1, 0.15) is 40.0 Å². The van der Waals surface area contributed by atoms with Crippen LogP contribution in [0.2, 0.25) is 0 Å².